The average Bonchev–Trinajstić information content (AvgIpc) is 3.47. The molecule has 3 aromatic carbocycles. The molecule has 0 spiro atoms. The van der Waals surface area contributed by atoms with Crippen molar-refractivity contribution in [3.8, 4) is 5.69 Å². The molecule has 1 amide bonds. The van der Waals surface area contributed by atoms with Crippen LogP contribution in [0.1, 0.15) is 42.0 Å². The van der Waals surface area contributed by atoms with Gasteiger partial charge in [0.2, 0.25) is 5.91 Å². The van der Waals surface area contributed by atoms with Crippen molar-refractivity contribution in [1.29, 1.82) is 0 Å². The minimum absolute atomic E-state index is 0.0773. The van der Waals surface area contributed by atoms with E-state index < -0.39 is 29.7 Å². The highest BCUT2D eigenvalue weighted by molar-refractivity contribution is 5.83. The van der Waals surface area contributed by atoms with Crippen molar-refractivity contribution in [2.45, 2.75) is 51.3 Å². The number of halogens is 2. The molecule has 3 unspecified atom stereocenters. The van der Waals surface area contributed by atoms with Crippen LogP contribution in [-0.2, 0) is 24.2 Å². The van der Waals surface area contributed by atoms with Crippen molar-refractivity contribution >= 4 is 5.91 Å². The first-order valence-corrected chi connectivity index (χ1v) is 13.3. The van der Waals surface area contributed by atoms with Crippen LogP contribution in [0.4, 0.5) is 8.78 Å². The van der Waals surface area contributed by atoms with Crippen LogP contribution < -0.4 is 10.6 Å². The van der Waals surface area contributed by atoms with Gasteiger partial charge in [-0.25, -0.2) is 8.78 Å². The Kier molecular flexibility index (Phi) is 9.63. The number of carbonyl (C=O) groups excluding carboxylic acids is 1. The van der Waals surface area contributed by atoms with Gasteiger partial charge in [-0.05, 0) is 78.4 Å². The Hall–Kier alpha value is -3.81. The summed E-state index contributed by atoms with van der Waals surface area (Å²) in [5.41, 5.74) is 4.47. The fourth-order valence-electron chi connectivity index (χ4n) is 4.63. The number of aromatic nitrogens is 1. The number of aryl methyl sites for hydroxylation is 1. The summed E-state index contributed by atoms with van der Waals surface area (Å²) < 4.78 is 29.7. The Labute approximate surface area is 228 Å². The molecule has 0 fully saturated rings. The highest BCUT2D eigenvalue weighted by atomic mass is 19.1. The second kappa shape index (κ2) is 13.3. The molecule has 3 atom stereocenters. The zero-order chi connectivity index (χ0) is 27.8. The van der Waals surface area contributed by atoms with E-state index in [1.807, 2.05) is 65.5 Å². The molecule has 0 aliphatic rings. The van der Waals surface area contributed by atoms with Gasteiger partial charge >= 0.3 is 0 Å². The molecule has 3 N–H and O–H groups in total. The fraction of sp³-hybridized carbons (Fsp3) is 0.281. The van der Waals surface area contributed by atoms with Gasteiger partial charge in [0.05, 0.1) is 18.1 Å². The predicted molar refractivity (Wildman–Crippen MR) is 150 cm³/mol. The van der Waals surface area contributed by atoms with Gasteiger partial charge in [0.25, 0.3) is 0 Å². The van der Waals surface area contributed by atoms with E-state index in [1.165, 1.54) is 17.7 Å². The smallest absolute Gasteiger partial charge is 0.227 e. The van der Waals surface area contributed by atoms with E-state index in [1.54, 1.807) is 6.92 Å². The highest BCUT2D eigenvalue weighted by Gasteiger charge is 2.25. The maximum atomic E-state index is 13.9. The SMILES string of the molecule is CCc1cccc(CNCC(O)C(Cc2cc(F)cc(F)c2)NC(=O)C(C)c2ccc(-n3cccc3)cc2)c1. The van der Waals surface area contributed by atoms with Crippen LogP contribution in [0.3, 0.4) is 0 Å². The van der Waals surface area contributed by atoms with Crippen molar-refractivity contribution in [1.82, 2.24) is 15.2 Å². The van der Waals surface area contributed by atoms with Crippen molar-refractivity contribution in [2.24, 2.45) is 0 Å². The molecule has 0 aliphatic carbocycles. The molecule has 1 heterocycles. The summed E-state index contributed by atoms with van der Waals surface area (Å²) in [6.07, 6.45) is 3.91. The van der Waals surface area contributed by atoms with Crippen LogP contribution in [0.15, 0.2) is 91.3 Å². The molecule has 0 aliphatic heterocycles. The molecule has 4 aromatic rings. The molecule has 5 nitrogen and oxygen atoms in total. The van der Waals surface area contributed by atoms with Gasteiger partial charge in [-0.1, -0.05) is 43.3 Å². The lowest BCUT2D eigenvalue weighted by Gasteiger charge is -2.26. The van der Waals surface area contributed by atoms with Crippen molar-refractivity contribution in [3.05, 3.63) is 125 Å². The average molecular weight is 532 g/mol. The predicted octanol–water partition coefficient (Wildman–Crippen LogP) is 5.30. The molecular formula is C32H35F2N3O2. The first-order valence-electron chi connectivity index (χ1n) is 13.3. The number of nitrogens with one attached hydrogen (secondary N) is 2. The Morgan fingerprint density at radius 2 is 1.56 bits per heavy atom. The minimum atomic E-state index is -0.988. The molecule has 4 rings (SSSR count). The molecule has 0 saturated heterocycles. The number of carbonyl (C=O) groups is 1. The van der Waals surface area contributed by atoms with Crippen LogP contribution in [-0.4, -0.2) is 34.3 Å². The molecule has 0 radical (unpaired) electrons. The van der Waals surface area contributed by atoms with E-state index in [4.69, 9.17) is 0 Å². The second-order valence-corrected chi connectivity index (χ2v) is 9.87. The lowest BCUT2D eigenvalue weighted by Crippen LogP contribution is -2.49. The number of hydrogen-bond acceptors (Lipinski definition) is 3. The van der Waals surface area contributed by atoms with Crippen molar-refractivity contribution in [2.75, 3.05) is 6.54 Å². The number of hydrogen-bond donors (Lipinski definition) is 3. The zero-order valence-corrected chi connectivity index (χ0v) is 22.3. The summed E-state index contributed by atoms with van der Waals surface area (Å²) >= 11 is 0. The van der Waals surface area contributed by atoms with Gasteiger partial charge in [-0.2, -0.15) is 0 Å². The van der Waals surface area contributed by atoms with Gasteiger partial charge < -0.3 is 20.3 Å². The molecule has 0 saturated carbocycles. The number of benzene rings is 3. The fourth-order valence-corrected chi connectivity index (χ4v) is 4.63. The van der Waals surface area contributed by atoms with Gasteiger partial charge in [0.15, 0.2) is 0 Å². The topological polar surface area (TPSA) is 66.3 Å². The van der Waals surface area contributed by atoms with Gasteiger partial charge in [0, 0.05) is 37.2 Å². The van der Waals surface area contributed by atoms with Crippen molar-refractivity contribution < 1.29 is 18.7 Å². The molecule has 39 heavy (non-hydrogen) atoms. The third-order valence-corrected chi connectivity index (χ3v) is 6.94. The van der Waals surface area contributed by atoms with Crippen LogP contribution in [0.25, 0.3) is 5.69 Å². The van der Waals surface area contributed by atoms with Gasteiger partial charge in [0.1, 0.15) is 11.6 Å². The van der Waals surface area contributed by atoms with Crippen LogP contribution in [0.2, 0.25) is 0 Å². The summed E-state index contributed by atoms with van der Waals surface area (Å²) in [6.45, 7) is 4.63. The molecular weight excluding hydrogens is 496 g/mol. The maximum absolute atomic E-state index is 13.9. The Morgan fingerprint density at radius 3 is 2.23 bits per heavy atom. The van der Waals surface area contributed by atoms with Gasteiger partial charge in [-0.15, -0.1) is 0 Å². The molecule has 1 aromatic heterocycles. The zero-order valence-electron chi connectivity index (χ0n) is 22.3. The van der Waals surface area contributed by atoms with Crippen LogP contribution >= 0.6 is 0 Å². The van der Waals surface area contributed by atoms with E-state index in [-0.39, 0.29) is 18.9 Å². The number of amides is 1. The normalized spacial score (nSPS) is 13.6. The van der Waals surface area contributed by atoms with Crippen LogP contribution in [0, 0.1) is 11.6 Å². The summed E-state index contributed by atoms with van der Waals surface area (Å²) in [4.78, 5) is 13.3. The highest BCUT2D eigenvalue weighted by Crippen LogP contribution is 2.20. The van der Waals surface area contributed by atoms with E-state index >= 15 is 0 Å². The molecule has 0 bridgehead atoms. The minimum Gasteiger partial charge on any atom is -0.390 e. The van der Waals surface area contributed by atoms with E-state index in [0.29, 0.717) is 12.1 Å². The van der Waals surface area contributed by atoms with Gasteiger partial charge in [-0.3, -0.25) is 4.79 Å². The number of aliphatic hydroxyl groups excluding tert-OH is 1. The summed E-state index contributed by atoms with van der Waals surface area (Å²) in [5.74, 6) is -2.17. The Bertz CT molecular complexity index is 1340. The lowest BCUT2D eigenvalue weighted by molar-refractivity contribution is -0.123. The van der Waals surface area contributed by atoms with E-state index in [0.717, 1.165) is 29.3 Å². The summed E-state index contributed by atoms with van der Waals surface area (Å²) in [7, 11) is 0. The third kappa shape index (κ3) is 7.85. The largest absolute Gasteiger partial charge is 0.390 e. The van der Waals surface area contributed by atoms with E-state index in [2.05, 4.69) is 29.7 Å². The number of aliphatic hydroxyl groups is 1. The number of nitrogens with zero attached hydrogens (tertiary/aromatic N) is 1. The lowest BCUT2D eigenvalue weighted by atomic mass is 9.96. The second-order valence-electron chi connectivity index (χ2n) is 9.87. The first kappa shape index (κ1) is 28.2. The van der Waals surface area contributed by atoms with E-state index in [9.17, 15) is 18.7 Å². The summed E-state index contributed by atoms with van der Waals surface area (Å²) in [5, 5.41) is 17.2. The summed E-state index contributed by atoms with van der Waals surface area (Å²) in [6, 6.07) is 22.3. The third-order valence-electron chi connectivity index (χ3n) is 6.94. The standard InChI is InChI=1S/C32H35F2N3O2/c1-3-23-7-6-8-24(15-23)20-35-21-31(38)30(18-25-16-27(33)19-28(34)17-25)36-32(39)22(2)26-9-11-29(12-10-26)37-13-4-5-14-37/h4-17,19,22,30-31,35,38H,3,18,20-21H2,1-2H3,(H,36,39). The maximum Gasteiger partial charge on any atom is 0.227 e. The molecule has 7 heteroatoms. The Balaban J connectivity index is 1.44. The Morgan fingerprint density at radius 1 is 0.897 bits per heavy atom. The number of rotatable bonds is 12. The monoisotopic (exact) mass is 531 g/mol. The van der Waals surface area contributed by atoms with Crippen molar-refractivity contribution in [3.63, 3.8) is 0 Å². The quantitative estimate of drug-likeness (QED) is 0.233. The molecule has 204 valence electrons. The van der Waals surface area contributed by atoms with Crippen LogP contribution in [0.5, 0.6) is 0 Å². The first-order chi connectivity index (χ1) is 18.8.